The van der Waals surface area contributed by atoms with E-state index in [0.29, 0.717) is 5.82 Å². The smallest absolute Gasteiger partial charge is 0.289 e. The zero-order chi connectivity index (χ0) is 19.8. The topological polar surface area (TPSA) is 49.0 Å². The van der Waals surface area contributed by atoms with E-state index in [1.54, 1.807) is 4.90 Å². The van der Waals surface area contributed by atoms with Gasteiger partial charge in [-0.3, -0.25) is 4.79 Å². The Morgan fingerprint density at radius 3 is 1.85 bits per heavy atom. The van der Waals surface area contributed by atoms with Gasteiger partial charge in [0.2, 0.25) is 0 Å². The van der Waals surface area contributed by atoms with Crippen LogP contribution in [0, 0.1) is 13.8 Å². The Hall–Kier alpha value is -2.88. The van der Waals surface area contributed by atoms with E-state index >= 15 is 0 Å². The first-order valence-corrected chi connectivity index (χ1v) is 9.19. The van der Waals surface area contributed by atoms with Crippen LogP contribution in [0.4, 0.5) is 0 Å². The molecule has 140 valence electrons. The summed E-state index contributed by atoms with van der Waals surface area (Å²) in [6.07, 6.45) is 0. The number of carbonyl (C=O) groups excluding carboxylic acids is 1. The number of hydrogen-bond donors (Lipinski definition) is 1. The number of rotatable bonds is 3. The van der Waals surface area contributed by atoms with Crippen molar-refractivity contribution < 1.29 is 4.79 Å². The molecule has 0 aliphatic carbocycles. The predicted molar refractivity (Wildman–Crippen MR) is 111 cm³/mol. The van der Waals surface area contributed by atoms with Gasteiger partial charge in [0.05, 0.1) is 11.4 Å². The fourth-order valence-corrected chi connectivity index (χ4v) is 2.79. The van der Waals surface area contributed by atoms with E-state index in [1.807, 2.05) is 40.0 Å². The number of aromatic nitrogens is 2. The molecule has 0 aliphatic heterocycles. The zero-order valence-electron chi connectivity index (χ0n) is 16.9. The molecule has 4 nitrogen and oxygen atoms in total. The van der Waals surface area contributed by atoms with Crippen LogP contribution in [0.2, 0.25) is 0 Å². The van der Waals surface area contributed by atoms with Gasteiger partial charge in [-0.2, -0.15) is 0 Å². The maximum Gasteiger partial charge on any atom is 0.289 e. The maximum absolute atomic E-state index is 13.0. The molecule has 0 spiro atoms. The number of aromatic amines is 1. The van der Waals surface area contributed by atoms with Gasteiger partial charge in [-0.25, -0.2) is 4.98 Å². The largest absolute Gasteiger partial charge is 0.334 e. The van der Waals surface area contributed by atoms with Crippen molar-refractivity contribution in [1.82, 2.24) is 14.9 Å². The lowest BCUT2D eigenvalue weighted by molar-refractivity contribution is 0.0644. The number of benzene rings is 2. The monoisotopic (exact) mass is 361 g/mol. The van der Waals surface area contributed by atoms with Gasteiger partial charge in [0.1, 0.15) is 0 Å². The molecule has 1 N–H and O–H groups in total. The molecule has 0 bridgehead atoms. The van der Waals surface area contributed by atoms with E-state index in [4.69, 9.17) is 4.98 Å². The second-order valence-electron chi connectivity index (χ2n) is 8.08. The molecule has 3 rings (SSSR count). The molecule has 0 radical (unpaired) electrons. The van der Waals surface area contributed by atoms with Gasteiger partial charge in [0, 0.05) is 23.7 Å². The number of H-pyrrole nitrogens is 1. The lowest BCUT2D eigenvalue weighted by atomic mass is 10.0. The van der Waals surface area contributed by atoms with Gasteiger partial charge in [0.15, 0.2) is 5.82 Å². The molecule has 0 fully saturated rings. The van der Waals surface area contributed by atoms with Gasteiger partial charge in [-0.1, -0.05) is 59.7 Å². The molecular weight excluding hydrogens is 334 g/mol. The highest BCUT2D eigenvalue weighted by atomic mass is 16.2. The zero-order valence-corrected chi connectivity index (χ0v) is 16.9. The van der Waals surface area contributed by atoms with Crippen molar-refractivity contribution in [2.24, 2.45) is 0 Å². The van der Waals surface area contributed by atoms with E-state index in [1.165, 1.54) is 11.1 Å². The van der Waals surface area contributed by atoms with Crippen molar-refractivity contribution >= 4 is 5.91 Å². The van der Waals surface area contributed by atoms with Gasteiger partial charge < -0.3 is 9.88 Å². The molecular formula is C23H27N3O. The molecule has 1 heterocycles. The Kier molecular flexibility index (Phi) is 4.92. The third-order valence-electron chi connectivity index (χ3n) is 4.88. The van der Waals surface area contributed by atoms with Crippen LogP contribution in [0.1, 0.15) is 42.5 Å². The highest BCUT2D eigenvalue weighted by Gasteiger charge is 2.27. The summed E-state index contributed by atoms with van der Waals surface area (Å²) in [6.45, 7) is 10.1. The highest BCUT2D eigenvalue weighted by molar-refractivity contribution is 5.94. The predicted octanol–water partition coefficient (Wildman–Crippen LogP) is 5.23. The summed E-state index contributed by atoms with van der Waals surface area (Å²) in [6, 6.07) is 16.5. The van der Waals surface area contributed by atoms with Gasteiger partial charge in [-0.05, 0) is 34.6 Å². The van der Waals surface area contributed by atoms with Crippen LogP contribution >= 0.6 is 0 Å². The summed E-state index contributed by atoms with van der Waals surface area (Å²) in [5, 5.41) is 0. The standard InChI is InChI=1S/C23H27N3O/c1-15-7-11-17(12-8-15)19-20(18-13-9-16(2)10-14-18)25-21(24-19)22(27)26(6)23(3,4)5/h7-14H,1-6H3,(H,24,25). The first-order valence-electron chi connectivity index (χ1n) is 9.19. The first-order chi connectivity index (χ1) is 12.7. The van der Waals surface area contributed by atoms with Crippen LogP contribution < -0.4 is 0 Å². The van der Waals surface area contributed by atoms with E-state index in [2.05, 4.69) is 55.2 Å². The van der Waals surface area contributed by atoms with Gasteiger partial charge in [-0.15, -0.1) is 0 Å². The number of nitrogens with zero attached hydrogens (tertiary/aromatic N) is 2. The van der Waals surface area contributed by atoms with Crippen molar-refractivity contribution in [2.45, 2.75) is 40.2 Å². The third kappa shape index (κ3) is 3.95. The summed E-state index contributed by atoms with van der Waals surface area (Å²) in [5.41, 5.74) is 5.77. The summed E-state index contributed by atoms with van der Waals surface area (Å²) in [7, 11) is 1.81. The maximum atomic E-state index is 13.0. The van der Waals surface area contributed by atoms with Crippen LogP contribution in [0.15, 0.2) is 48.5 Å². The van der Waals surface area contributed by atoms with Crippen LogP contribution in [0.25, 0.3) is 22.5 Å². The minimum atomic E-state index is -0.280. The number of amides is 1. The molecule has 2 aromatic carbocycles. The average molecular weight is 361 g/mol. The van der Waals surface area contributed by atoms with E-state index in [-0.39, 0.29) is 11.4 Å². The third-order valence-corrected chi connectivity index (χ3v) is 4.88. The lowest BCUT2D eigenvalue weighted by Crippen LogP contribution is -2.42. The molecule has 27 heavy (non-hydrogen) atoms. The van der Waals surface area contributed by atoms with Crippen LogP contribution in [0.5, 0.6) is 0 Å². The average Bonchev–Trinajstić information content (AvgIpc) is 3.06. The quantitative estimate of drug-likeness (QED) is 0.694. The number of nitrogens with one attached hydrogen (secondary N) is 1. The molecule has 0 aliphatic rings. The summed E-state index contributed by atoms with van der Waals surface area (Å²) in [4.78, 5) is 22.6. The molecule has 1 amide bonds. The molecule has 0 unspecified atom stereocenters. The Labute approximate surface area is 161 Å². The fraction of sp³-hybridized carbons (Fsp3) is 0.304. The fourth-order valence-electron chi connectivity index (χ4n) is 2.79. The molecule has 0 atom stereocenters. The van der Waals surface area contributed by atoms with Crippen molar-refractivity contribution in [2.75, 3.05) is 7.05 Å². The highest BCUT2D eigenvalue weighted by Crippen LogP contribution is 2.31. The molecule has 3 aromatic rings. The van der Waals surface area contributed by atoms with Gasteiger partial charge in [0.25, 0.3) is 5.91 Å². The van der Waals surface area contributed by atoms with Crippen molar-refractivity contribution in [1.29, 1.82) is 0 Å². The van der Waals surface area contributed by atoms with Crippen LogP contribution in [0.3, 0.4) is 0 Å². The number of carbonyl (C=O) groups is 1. The normalized spacial score (nSPS) is 11.5. The SMILES string of the molecule is Cc1ccc(-c2nc(C(=O)N(C)C(C)(C)C)[nH]c2-c2ccc(C)cc2)cc1. The second kappa shape index (κ2) is 7.03. The molecule has 0 saturated heterocycles. The Bertz CT molecular complexity index is 882. The summed E-state index contributed by atoms with van der Waals surface area (Å²) >= 11 is 0. The van der Waals surface area contributed by atoms with E-state index in [0.717, 1.165) is 22.5 Å². The first kappa shape index (κ1) is 18.9. The van der Waals surface area contributed by atoms with Crippen molar-refractivity contribution in [3.63, 3.8) is 0 Å². The Morgan fingerprint density at radius 1 is 0.889 bits per heavy atom. The molecule has 4 heteroatoms. The van der Waals surface area contributed by atoms with Gasteiger partial charge >= 0.3 is 0 Å². The Morgan fingerprint density at radius 2 is 1.37 bits per heavy atom. The van der Waals surface area contributed by atoms with E-state index in [9.17, 15) is 4.79 Å². The van der Waals surface area contributed by atoms with Crippen LogP contribution in [-0.4, -0.2) is 33.4 Å². The molecule has 1 aromatic heterocycles. The van der Waals surface area contributed by atoms with Crippen molar-refractivity contribution in [3.8, 4) is 22.5 Å². The van der Waals surface area contributed by atoms with Crippen molar-refractivity contribution in [3.05, 3.63) is 65.5 Å². The summed E-state index contributed by atoms with van der Waals surface area (Å²) in [5.74, 6) is 0.243. The second-order valence-corrected chi connectivity index (χ2v) is 8.08. The van der Waals surface area contributed by atoms with Crippen LogP contribution in [-0.2, 0) is 0 Å². The minimum Gasteiger partial charge on any atom is -0.334 e. The lowest BCUT2D eigenvalue weighted by Gasteiger charge is -2.31. The molecule has 0 saturated carbocycles. The van der Waals surface area contributed by atoms with E-state index < -0.39 is 0 Å². The number of aryl methyl sites for hydroxylation is 2. The number of imidazole rings is 1. The minimum absolute atomic E-state index is 0.116. The summed E-state index contributed by atoms with van der Waals surface area (Å²) < 4.78 is 0. The Balaban J connectivity index is 2.13. The number of hydrogen-bond acceptors (Lipinski definition) is 2.